The van der Waals surface area contributed by atoms with E-state index in [4.69, 9.17) is 0 Å². The average molecular weight is 340 g/mol. The lowest BCUT2D eigenvalue weighted by molar-refractivity contribution is 0.350. The Bertz CT molecular complexity index is 458. The van der Waals surface area contributed by atoms with Crippen LogP contribution in [0.3, 0.4) is 0 Å². The number of halogens is 1. The van der Waals surface area contributed by atoms with Crippen molar-refractivity contribution in [2.45, 2.75) is 43.9 Å². The summed E-state index contributed by atoms with van der Waals surface area (Å²) in [5.41, 5.74) is 0.964. The first kappa shape index (κ1) is 15.1. The second-order valence-electron chi connectivity index (χ2n) is 4.01. The van der Waals surface area contributed by atoms with Gasteiger partial charge in [0.2, 0.25) is 0 Å². The van der Waals surface area contributed by atoms with Crippen molar-refractivity contribution in [2.75, 3.05) is 7.05 Å². The van der Waals surface area contributed by atoms with Gasteiger partial charge in [-0.3, -0.25) is 0 Å². The van der Waals surface area contributed by atoms with E-state index >= 15 is 0 Å². The molecule has 3 nitrogen and oxygen atoms in total. The highest BCUT2D eigenvalue weighted by molar-refractivity contribution is 9.11. The van der Waals surface area contributed by atoms with Crippen molar-refractivity contribution < 1.29 is 8.42 Å². The van der Waals surface area contributed by atoms with Crippen LogP contribution >= 0.6 is 27.3 Å². The van der Waals surface area contributed by atoms with Crippen LogP contribution in [0.25, 0.3) is 0 Å². The molecule has 98 valence electrons. The van der Waals surface area contributed by atoms with E-state index in [-0.39, 0.29) is 6.04 Å². The summed E-state index contributed by atoms with van der Waals surface area (Å²) in [6.45, 7) is 5.92. The third-order valence-electron chi connectivity index (χ3n) is 2.92. The highest BCUT2D eigenvalue weighted by Gasteiger charge is 2.27. The number of sulfonamides is 1. The first-order valence-corrected chi connectivity index (χ1v) is 8.63. The maximum atomic E-state index is 12.4. The van der Waals surface area contributed by atoms with Gasteiger partial charge in [-0.15, -0.1) is 11.3 Å². The summed E-state index contributed by atoms with van der Waals surface area (Å²) in [5, 5.41) is 0. The smallest absolute Gasteiger partial charge is 0.206 e. The Morgan fingerprint density at radius 2 is 1.94 bits per heavy atom. The Labute approximate surface area is 116 Å². The van der Waals surface area contributed by atoms with Crippen molar-refractivity contribution >= 4 is 37.3 Å². The Balaban J connectivity index is 3.10. The topological polar surface area (TPSA) is 37.4 Å². The first-order chi connectivity index (χ1) is 7.84. The lowest BCUT2D eigenvalue weighted by Gasteiger charge is -2.24. The highest BCUT2D eigenvalue weighted by Crippen LogP contribution is 2.32. The molecule has 0 amide bonds. The van der Waals surface area contributed by atoms with Crippen LogP contribution in [0.15, 0.2) is 14.1 Å². The van der Waals surface area contributed by atoms with E-state index < -0.39 is 10.0 Å². The average Bonchev–Trinajstić information content (AvgIpc) is 2.61. The lowest BCUT2D eigenvalue weighted by Crippen LogP contribution is -2.35. The fourth-order valence-corrected chi connectivity index (χ4v) is 5.62. The largest absolute Gasteiger partial charge is 0.252 e. The Morgan fingerprint density at radius 3 is 2.29 bits per heavy atom. The normalized spacial score (nSPS) is 12.6. The molecule has 0 radical (unpaired) electrons. The summed E-state index contributed by atoms with van der Waals surface area (Å²) in [4.78, 5) is 0. The quantitative estimate of drug-likeness (QED) is 0.821. The standard InChI is InChI=1S/C11H18BrNO2S2/c1-5-9(6-2)13(4)17(14,15)10-7-8(3)11(12)16-10/h7,9H,5-6H2,1-4H3. The summed E-state index contributed by atoms with van der Waals surface area (Å²) in [6.07, 6.45) is 1.66. The van der Waals surface area contributed by atoms with E-state index in [2.05, 4.69) is 15.9 Å². The molecule has 0 fully saturated rings. The van der Waals surface area contributed by atoms with Gasteiger partial charge in [0.15, 0.2) is 0 Å². The van der Waals surface area contributed by atoms with E-state index in [0.29, 0.717) is 4.21 Å². The summed E-state index contributed by atoms with van der Waals surface area (Å²) in [7, 11) is -1.68. The molecule has 0 spiro atoms. The predicted octanol–water partition coefficient (Wildman–Crippen LogP) is 3.63. The van der Waals surface area contributed by atoms with E-state index in [1.807, 2.05) is 20.8 Å². The highest BCUT2D eigenvalue weighted by atomic mass is 79.9. The van der Waals surface area contributed by atoms with Crippen LogP contribution in [0.4, 0.5) is 0 Å². The van der Waals surface area contributed by atoms with Gasteiger partial charge in [-0.25, -0.2) is 8.42 Å². The molecule has 0 saturated heterocycles. The van der Waals surface area contributed by atoms with Crippen LogP contribution in [0.1, 0.15) is 32.3 Å². The summed E-state index contributed by atoms with van der Waals surface area (Å²) >= 11 is 4.64. The molecular formula is C11H18BrNO2S2. The van der Waals surface area contributed by atoms with Crippen LogP contribution in [0.5, 0.6) is 0 Å². The van der Waals surface area contributed by atoms with Gasteiger partial charge in [-0.05, 0) is 47.3 Å². The minimum absolute atomic E-state index is 0.0705. The molecule has 0 aliphatic heterocycles. The van der Waals surface area contributed by atoms with Gasteiger partial charge < -0.3 is 0 Å². The summed E-state index contributed by atoms with van der Waals surface area (Å²) < 4.78 is 27.5. The molecule has 0 saturated carbocycles. The molecule has 0 aliphatic carbocycles. The SMILES string of the molecule is CCC(CC)N(C)S(=O)(=O)c1cc(C)c(Br)s1. The number of nitrogens with zero attached hydrogens (tertiary/aromatic N) is 1. The zero-order valence-corrected chi connectivity index (χ0v) is 13.7. The Kier molecular flexibility index (Phi) is 5.19. The lowest BCUT2D eigenvalue weighted by atomic mass is 10.2. The summed E-state index contributed by atoms with van der Waals surface area (Å²) in [5.74, 6) is 0. The van der Waals surface area contributed by atoms with Crippen molar-refractivity contribution in [3.05, 3.63) is 15.4 Å². The van der Waals surface area contributed by atoms with E-state index in [0.717, 1.165) is 22.2 Å². The molecular weight excluding hydrogens is 322 g/mol. The number of thiophene rings is 1. The Morgan fingerprint density at radius 1 is 1.41 bits per heavy atom. The molecule has 0 atom stereocenters. The first-order valence-electron chi connectivity index (χ1n) is 5.58. The van der Waals surface area contributed by atoms with Crippen molar-refractivity contribution in [1.82, 2.24) is 4.31 Å². The van der Waals surface area contributed by atoms with Crippen LogP contribution in [-0.2, 0) is 10.0 Å². The van der Waals surface area contributed by atoms with Gasteiger partial charge in [0.1, 0.15) is 4.21 Å². The second kappa shape index (κ2) is 5.82. The van der Waals surface area contributed by atoms with Gasteiger partial charge in [0.25, 0.3) is 10.0 Å². The van der Waals surface area contributed by atoms with Gasteiger partial charge in [0.05, 0.1) is 3.79 Å². The number of hydrogen-bond acceptors (Lipinski definition) is 3. The molecule has 0 aliphatic rings. The van der Waals surface area contributed by atoms with Gasteiger partial charge in [-0.2, -0.15) is 4.31 Å². The number of hydrogen-bond donors (Lipinski definition) is 0. The fraction of sp³-hybridized carbons (Fsp3) is 0.636. The zero-order chi connectivity index (χ0) is 13.2. The molecule has 0 unspecified atom stereocenters. The second-order valence-corrected chi connectivity index (χ2v) is 8.61. The monoisotopic (exact) mass is 339 g/mol. The van der Waals surface area contributed by atoms with Crippen molar-refractivity contribution in [1.29, 1.82) is 0 Å². The zero-order valence-electron chi connectivity index (χ0n) is 10.5. The van der Waals surface area contributed by atoms with Crippen molar-refractivity contribution in [3.8, 4) is 0 Å². The minimum Gasteiger partial charge on any atom is -0.206 e. The molecule has 1 rings (SSSR count). The molecule has 1 aromatic heterocycles. The van der Waals surface area contributed by atoms with Crippen LogP contribution < -0.4 is 0 Å². The molecule has 0 N–H and O–H groups in total. The van der Waals surface area contributed by atoms with Crippen molar-refractivity contribution in [3.63, 3.8) is 0 Å². The minimum atomic E-state index is -3.34. The van der Waals surface area contributed by atoms with Crippen LogP contribution in [0.2, 0.25) is 0 Å². The molecule has 1 aromatic rings. The maximum Gasteiger partial charge on any atom is 0.252 e. The van der Waals surface area contributed by atoms with Gasteiger partial charge in [-0.1, -0.05) is 13.8 Å². The molecule has 0 aromatic carbocycles. The van der Waals surface area contributed by atoms with Crippen molar-refractivity contribution in [2.24, 2.45) is 0 Å². The van der Waals surface area contributed by atoms with Crippen LogP contribution in [0, 0.1) is 6.92 Å². The van der Waals surface area contributed by atoms with E-state index in [1.165, 1.54) is 15.6 Å². The molecule has 6 heteroatoms. The third kappa shape index (κ3) is 3.10. The number of rotatable bonds is 5. The van der Waals surface area contributed by atoms with E-state index in [9.17, 15) is 8.42 Å². The predicted molar refractivity (Wildman–Crippen MR) is 76.1 cm³/mol. The van der Waals surface area contributed by atoms with Crippen LogP contribution in [-0.4, -0.2) is 25.8 Å². The van der Waals surface area contributed by atoms with Gasteiger partial charge >= 0.3 is 0 Å². The van der Waals surface area contributed by atoms with E-state index in [1.54, 1.807) is 13.1 Å². The third-order valence-corrected chi connectivity index (χ3v) is 7.42. The molecule has 1 heterocycles. The van der Waals surface area contributed by atoms with Gasteiger partial charge in [0, 0.05) is 13.1 Å². The molecule has 0 bridgehead atoms. The summed E-state index contributed by atoms with van der Waals surface area (Å²) in [6, 6.07) is 1.80. The fourth-order valence-electron chi connectivity index (χ4n) is 1.70. The Hall–Kier alpha value is 0.0900. The maximum absolute atomic E-state index is 12.4. The molecule has 17 heavy (non-hydrogen) atoms. The number of aryl methyl sites for hydroxylation is 1.